The van der Waals surface area contributed by atoms with Crippen molar-refractivity contribution in [2.24, 2.45) is 0 Å². The average molecular weight is 276 g/mol. The van der Waals surface area contributed by atoms with Crippen molar-refractivity contribution >= 4 is 31.9 Å². The molecular formula is C9H8Br2. The Hall–Kier alpha value is 0.180. The quantitative estimate of drug-likeness (QED) is 0.638. The number of hydrogen-bond donors (Lipinski definition) is 0. The van der Waals surface area contributed by atoms with E-state index in [4.69, 9.17) is 0 Å². The molecule has 1 aromatic carbocycles. The molecule has 0 bridgehead atoms. The van der Waals surface area contributed by atoms with Gasteiger partial charge >= 0.3 is 0 Å². The van der Waals surface area contributed by atoms with E-state index in [0.717, 1.165) is 12.8 Å². The Morgan fingerprint density at radius 1 is 1.00 bits per heavy atom. The average Bonchev–Trinajstić information content (AvgIpc) is 2.21. The van der Waals surface area contributed by atoms with Crippen LogP contribution in [0.5, 0.6) is 0 Å². The molecule has 0 fully saturated rings. The van der Waals surface area contributed by atoms with Crippen LogP contribution in [-0.2, 0) is 12.8 Å². The van der Waals surface area contributed by atoms with Gasteiger partial charge in [-0.15, -0.1) is 0 Å². The highest BCUT2D eigenvalue weighted by atomic mass is 79.9. The van der Waals surface area contributed by atoms with E-state index in [-0.39, 0.29) is 3.23 Å². The van der Waals surface area contributed by atoms with Crippen LogP contribution in [-0.4, -0.2) is 3.23 Å². The molecule has 2 heteroatoms. The molecule has 0 N–H and O–H groups in total. The summed E-state index contributed by atoms with van der Waals surface area (Å²) in [7, 11) is 0. The summed E-state index contributed by atoms with van der Waals surface area (Å²) in [6, 6.07) is 8.58. The first kappa shape index (κ1) is 7.81. The molecular weight excluding hydrogens is 268 g/mol. The van der Waals surface area contributed by atoms with Crippen LogP contribution in [0.15, 0.2) is 24.3 Å². The van der Waals surface area contributed by atoms with Crippen LogP contribution in [0, 0.1) is 0 Å². The number of rotatable bonds is 0. The first-order chi connectivity index (χ1) is 5.17. The number of halogens is 2. The summed E-state index contributed by atoms with van der Waals surface area (Å²) in [6.07, 6.45) is 2.17. The van der Waals surface area contributed by atoms with E-state index >= 15 is 0 Å². The van der Waals surface area contributed by atoms with Gasteiger partial charge in [-0.1, -0.05) is 56.1 Å². The Kier molecular flexibility index (Phi) is 1.84. The van der Waals surface area contributed by atoms with Crippen LogP contribution in [0.3, 0.4) is 0 Å². The first-order valence-electron chi connectivity index (χ1n) is 3.62. The van der Waals surface area contributed by atoms with Gasteiger partial charge in [0.25, 0.3) is 0 Å². The standard InChI is InChI=1S/C9H8Br2/c10-9(11)5-7-3-1-2-4-8(7)6-9/h1-4H,5-6H2. The van der Waals surface area contributed by atoms with Crippen LogP contribution in [0.2, 0.25) is 0 Å². The molecule has 0 radical (unpaired) electrons. The summed E-state index contributed by atoms with van der Waals surface area (Å²) in [4.78, 5) is 0. The lowest BCUT2D eigenvalue weighted by atomic mass is 10.1. The van der Waals surface area contributed by atoms with Gasteiger partial charge < -0.3 is 0 Å². The van der Waals surface area contributed by atoms with Crippen LogP contribution in [0.25, 0.3) is 0 Å². The maximum Gasteiger partial charge on any atom is 0.0885 e. The monoisotopic (exact) mass is 274 g/mol. The lowest BCUT2D eigenvalue weighted by Gasteiger charge is -2.09. The zero-order valence-electron chi connectivity index (χ0n) is 5.98. The lowest BCUT2D eigenvalue weighted by Crippen LogP contribution is -2.09. The van der Waals surface area contributed by atoms with Crippen LogP contribution >= 0.6 is 31.9 Å². The molecule has 0 saturated carbocycles. The fraction of sp³-hybridized carbons (Fsp3) is 0.333. The second-order valence-corrected chi connectivity index (χ2v) is 7.08. The number of benzene rings is 1. The van der Waals surface area contributed by atoms with Crippen molar-refractivity contribution in [2.45, 2.75) is 16.1 Å². The molecule has 0 saturated heterocycles. The number of alkyl halides is 2. The summed E-state index contributed by atoms with van der Waals surface area (Å²) >= 11 is 7.28. The van der Waals surface area contributed by atoms with Gasteiger partial charge in [0.2, 0.25) is 0 Å². The van der Waals surface area contributed by atoms with E-state index in [1.165, 1.54) is 11.1 Å². The van der Waals surface area contributed by atoms with Gasteiger partial charge in [-0.2, -0.15) is 0 Å². The zero-order chi connectivity index (χ0) is 7.90. The fourth-order valence-electron chi connectivity index (χ4n) is 1.52. The number of hydrogen-bond acceptors (Lipinski definition) is 0. The van der Waals surface area contributed by atoms with E-state index in [0.29, 0.717) is 0 Å². The van der Waals surface area contributed by atoms with Crippen molar-refractivity contribution < 1.29 is 0 Å². The van der Waals surface area contributed by atoms with Crippen LogP contribution in [0.1, 0.15) is 11.1 Å². The highest BCUT2D eigenvalue weighted by molar-refractivity contribution is 9.25. The minimum Gasteiger partial charge on any atom is -0.0720 e. The second-order valence-electron chi connectivity index (χ2n) is 2.98. The van der Waals surface area contributed by atoms with Crippen molar-refractivity contribution in [1.82, 2.24) is 0 Å². The van der Waals surface area contributed by atoms with Gasteiger partial charge in [0.1, 0.15) is 0 Å². The molecule has 1 aromatic rings. The third-order valence-corrected chi connectivity index (χ3v) is 3.14. The largest absolute Gasteiger partial charge is 0.0885 e. The van der Waals surface area contributed by atoms with Crippen molar-refractivity contribution in [3.63, 3.8) is 0 Å². The maximum atomic E-state index is 3.64. The molecule has 0 aliphatic heterocycles. The molecule has 0 amide bonds. The highest BCUT2D eigenvalue weighted by Gasteiger charge is 2.31. The molecule has 0 nitrogen and oxygen atoms in total. The second kappa shape index (κ2) is 2.60. The smallest absolute Gasteiger partial charge is 0.0720 e. The van der Waals surface area contributed by atoms with Crippen molar-refractivity contribution in [1.29, 1.82) is 0 Å². The molecule has 0 atom stereocenters. The minimum atomic E-state index is 0.129. The van der Waals surface area contributed by atoms with E-state index in [9.17, 15) is 0 Å². The maximum absolute atomic E-state index is 3.64. The molecule has 0 unspecified atom stereocenters. The van der Waals surface area contributed by atoms with Crippen LogP contribution in [0.4, 0.5) is 0 Å². The van der Waals surface area contributed by atoms with Crippen molar-refractivity contribution in [3.8, 4) is 0 Å². The number of fused-ring (bicyclic) bond motifs is 1. The first-order valence-corrected chi connectivity index (χ1v) is 5.21. The summed E-state index contributed by atoms with van der Waals surface area (Å²) in [5, 5.41) is 0. The van der Waals surface area contributed by atoms with Gasteiger partial charge in [0.05, 0.1) is 3.23 Å². The third kappa shape index (κ3) is 1.52. The Labute approximate surface area is 83.3 Å². The molecule has 2 rings (SSSR count). The summed E-state index contributed by atoms with van der Waals surface area (Å²) < 4.78 is 0.129. The molecule has 1 aliphatic carbocycles. The van der Waals surface area contributed by atoms with Gasteiger partial charge in [-0.05, 0) is 24.0 Å². The zero-order valence-corrected chi connectivity index (χ0v) is 9.15. The van der Waals surface area contributed by atoms with Gasteiger partial charge in [0.15, 0.2) is 0 Å². The van der Waals surface area contributed by atoms with Crippen LogP contribution < -0.4 is 0 Å². The molecule has 58 valence electrons. The third-order valence-electron chi connectivity index (χ3n) is 2.02. The Balaban J connectivity index is 2.41. The Morgan fingerprint density at radius 2 is 1.45 bits per heavy atom. The van der Waals surface area contributed by atoms with Crippen molar-refractivity contribution in [3.05, 3.63) is 35.4 Å². The Bertz CT molecular complexity index is 252. The molecule has 11 heavy (non-hydrogen) atoms. The molecule has 0 aromatic heterocycles. The van der Waals surface area contributed by atoms with E-state index in [2.05, 4.69) is 56.1 Å². The SMILES string of the molecule is BrC1(Br)Cc2ccccc2C1. The highest BCUT2D eigenvalue weighted by Crippen LogP contribution is 2.41. The summed E-state index contributed by atoms with van der Waals surface area (Å²) in [6.45, 7) is 0. The molecule has 0 spiro atoms. The fourth-order valence-corrected chi connectivity index (χ4v) is 2.73. The topological polar surface area (TPSA) is 0 Å². The Morgan fingerprint density at radius 3 is 1.91 bits per heavy atom. The predicted octanol–water partition coefficient (Wildman–Crippen LogP) is 3.27. The van der Waals surface area contributed by atoms with Gasteiger partial charge in [0, 0.05) is 0 Å². The normalized spacial score (nSPS) is 19.8. The van der Waals surface area contributed by atoms with Gasteiger partial charge in [-0.25, -0.2) is 0 Å². The summed E-state index contributed by atoms with van der Waals surface area (Å²) in [5.74, 6) is 0. The minimum absolute atomic E-state index is 0.129. The predicted molar refractivity (Wildman–Crippen MR) is 54.4 cm³/mol. The van der Waals surface area contributed by atoms with Crippen molar-refractivity contribution in [2.75, 3.05) is 0 Å². The summed E-state index contributed by atoms with van der Waals surface area (Å²) in [5.41, 5.74) is 2.92. The molecule has 1 aliphatic rings. The molecule has 0 heterocycles. The van der Waals surface area contributed by atoms with E-state index < -0.39 is 0 Å². The van der Waals surface area contributed by atoms with E-state index in [1.807, 2.05) is 0 Å². The van der Waals surface area contributed by atoms with Gasteiger partial charge in [-0.3, -0.25) is 0 Å². The van der Waals surface area contributed by atoms with E-state index in [1.54, 1.807) is 0 Å². The lowest BCUT2D eigenvalue weighted by molar-refractivity contribution is 0.903.